The Kier molecular flexibility index (Phi) is 16.6. The van der Waals surface area contributed by atoms with E-state index in [1.165, 1.54) is 16.7 Å². The van der Waals surface area contributed by atoms with Crippen molar-refractivity contribution in [2.45, 2.75) is 66.2 Å². The van der Waals surface area contributed by atoms with E-state index < -0.39 is 0 Å². The molecule has 22 heavy (non-hydrogen) atoms. The minimum absolute atomic E-state index is 0.166. The maximum Gasteiger partial charge on any atom is 0.142 e. The third-order valence-corrected chi connectivity index (χ3v) is 3.14. The smallest absolute Gasteiger partial charge is 0.142 e. The first-order valence-electron chi connectivity index (χ1n) is 7.99. The molecule has 0 aromatic carbocycles. The van der Waals surface area contributed by atoms with Gasteiger partial charge in [-0.15, -0.1) is 13.2 Å². The highest BCUT2D eigenvalue weighted by molar-refractivity contribution is 5.65. The molecule has 0 saturated carbocycles. The SMILES string of the molecule is C=C(C)CCC/C(C)=C/C=O.C=C(C)CCC/C(C)=C/CO. The van der Waals surface area contributed by atoms with Crippen LogP contribution in [0.5, 0.6) is 0 Å². The van der Waals surface area contributed by atoms with Crippen molar-refractivity contribution in [2.24, 2.45) is 0 Å². The summed E-state index contributed by atoms with van der Waals surface area (Å²) in [5.41, 5.74) is 4.88. The second-order valence-electron chi connectivity index (χ2n) is 6.00. The largest absolute Gasteiger partial charge is 0.392 e. The van der Waals surface area contributed by atoms with Crippen LogP contribution < -0.4 is 0 Å². The fraction of sp³-hybridized carbons (Fsp3) is 0.550. The molecule has 0 unspecified atom stereocenters. The molecular formula is C20H34O2. The van der Waals surface area contributed by atoms with Gasteiger partial charge in [0.2, 0.25) is 0 Å². The molecule has 0 radical (unpaired) electrons. The summed E-state index contributed by atoms with van der Waals surface area (Å²) < 4.78 is 0. The Morgan fingerprint density at radius 2 is 1.32 bits per heavy atom. The van der Waals surface area contributed by atoms with E-state index in [0.717, 1.165) is 50.4 Å². The van der Waals surface area contributed by atoms with E-state index >= 15 is 0 Å². The zero-order valence-electron chi connectivity index (χ0n) is 15.0. The monoisotopic (exact) mass is 306 g/mol. The molecule has 0 aromatic heterocycles. The summed E-state index contributed by atoms with van der Waals surface area (Å²) in [5, 5.41) is 8.55. The summed E-state index contributed by atoms with van der Waals surface area (Å²) in [6, 6.07) is 0. The fourth-order valence-corrected chi connectivity index (χ4v) is 1.80. The zero-order valence-corrected chi connectivity index (χ0v) is 15.0. The second-order valence-corrected chi connectivity index (χ2v) is 6.00. The van der Waals surface area contributed by atoms with Gasteiger partial charge in [-0.1, -0.05) is 28.4 Å². The zero-order chi connectivity index (χ0) is 17.4. The third-order valence-electron chi connectivity index (χ3n) is 3.14. The summed E-state index contributed by atoms with van der Waals surface area (Å²) in [7, 11) is 0. The molecule has 0 aliphatic rings. The molecule has 0 bridgehead atoms. The van der Waals surface area contributed by atoms with E-state index in [-0.39, 0.29) is 6.61 Å². The van der Waals surface area contributed by atoms with Crippen LogP contribution in [0.2, 0.25) is 0 Å². The molecular weight excluding hydrogens is 272 g/mol. The van der Waals surface area contributed by atoms with Crippen LogP contribution >= 0.6 is 0 Å². The van der Waals surface area contributed by atoms with E-state index in [0.29, 0.717) is 0 Å². The first kappa shape index (κ1) is 22.9. The van der Waals surface area contributed by atoms with Crippen LogP contribution in [-0.2, 0) is 4.79 Å². The van der Waals surface area contributed by atoms with Gasteiger partial charge in [0.25, 0.3) is 0 Å². The maximum atomic E-state index is 10.0. The number of hydrogen-bond donors (Lipinski definition) is 1. The van der Waals surface area contributed by atoms with Crippen molar-refractivity contribution in [3.8, 4) is 0 Å². The van der Waals surface area contributed by atoms with Crippen LogP contribution in [0.15, 0.2) is 47.6 Å². The number of aliphatic hydroxyl groups is 1. The summed E-state index contributed by atoms with van der Waals surface area (Å²) in [4.78, 5) is 10.0. The van der Waals surface area contributed by atoms with Gasteiger partial charge in [0.15, 0.2) is 0 Å². The lowest BCUT2D eigenvalue weighted by atomic mass is 10.1. The number of hydrogen-bond acceptors (Lipinski definition) is 2. The Labute approximate surface area is 137 Å². The van der Waals surface area contributed by atoms with E-state index in [1.54, 1.807) is 6.08 Å². The summed E-state index contributed by atoms with van der Waals surface area (Å²) in [5.74, 6) is 0. The summed E-state index contributed by atoms with van der Waals surface area (Å²) in [6.07, 6.45) is 10.8. The fourth-order valence-electron chi connectivity index (χ4n) is 1.80. The van der Waals surface area contributed by atoms with E-state index in [9.17, 15) is 4.79 Å². The van der Waals surface area contributed by atoms with Crippen molar-refractivity contribution in [2.75, 3.05) is 6.61 Å². The van der Waals surface area contributed by atoms with E-state index in [2.05, 4.69) is 20.1 Å². The highest BCUT2D eigenvalue weighted by Gasteiger charge is 1.91. The standard InChI is InChI=1S/C10H18O.C10H16O/c2*1-9(2)5-4-6-10(3)7-8-11/h7,11H,1,4-6,8H2,2-3H3;7-8H,1,4-6H2,2-3H3/b2*10-7+. The van der Waals surface area contributed by atoms with Crippen LogP contribution in [0.25, 0.3) is 0 Å². The van der Waals surface area contributed by atoms with Gasteiger partial charge in [0, 0.05) is 0 Å². The first-order chi connectivity index (χ1) is 10.3. The first-order valence-corrected chi connectivity index (χ1v) is 7.99. The molecule has 0 aromatic rings. The van der Waals surface area contributed by atoms with Crippen molar-refractivity contribution in [1.29, 1.82) is 0 Å². The molecule has 126 valence electrons. The van der Waals surface area contributed by atoms with E-state index in [1.807, 2.05) is 26.8 Å². The Morgan fingerprint density at radius 1 is 0.864 bits per heavy atom. The lowest BCUT2D eigenvalue weighted by Gasteiger charge is -2.00. The minimum Gasteiger partial charge on any atom is -0.392 e. The summed E-state index contributed by atoms with van der Waals surface area (Å²) in [6.45, 7) is 15.9. The average Bonchev–Trinajstić information content (AvgIpc) is 2.39. The van der Waals surface area contributed by atoms with Gasteiger partial charge in [-0.2, -0.15) is 0 Å². The molecule has 0 aliphatic carbocycles. The summed E-state index contributed by atoms with van der Waals surface area (Å²) >= 11 is 0. The van der Waals surface area contributed by atoms with E-state index in [4.69, 9.17) is 5.11 Å². The van der Waals surface area contributed by atoms with Gasteiger partial charge >= 0.3 is 0 Å². The minimum atomic E-state index is 0.166. The number of aliphatic hydroxyl groups excluding tert-OH is 1. The van der Waals surface area contributed by atoms with Gasteiger partial charge in [-0.25, -0.2) is 0 Å². The molecule has 2 nitrogen and oxygen atoms in total. The highest BCUT2D eigenvalue weighted by Crippen LogP contribution is 2.10. The normalized spacial score (nSPS) is 11.5. The molecule has 0 rings (SSSR count). The Hall–Kier alpha value is -1.41. The lowest BCUT2D eigenvalue weighted by molar-refractivity contribution is -0.104. The van der Waals surface area contributed by atoms with Gasteiger partial charge in [0.05, 0.1) is 6.61 Å². The van der Waals surface area contributed by atoms with Crippen LogP contribution in [0, 0.1) is 0 Å². The molecule has 2 heteroatoms. The Morgan fingerprint density at radius 3 is 1.68 bits per heavy atom. The molecule has 0 aliphatic heterocycles. The molecule has 0 fully saturated rings. The number of allylic oxidation sites excluding steroid dienone is 5. The Bertz CT molecular complexity index is 387. The van der Waals surface area contributed by atoms with Crippen LogP contribution in [0.1, 0.15) is 66.2 Å². The predicted molar refractivity (Wildman–Crippen MR) is 98.0 cm³/mol. The van der Waals surface area contributed by atoms with Crippen LogP contribution in [0.3, 0.4) is 0 Å². The maximum absolute atomic E-state index is 10.0. The van der Waals surface area contributed by atoms with Crippen molar-refractivity contribution >= 4 is 6.29 Å². The number of aldehydes is 1. The van der Waals surface area contributed by atoms with Crippen molar-refractivity contribution in [3.05, 3.63) is 47.6 Å². The lowest BCUT2D eigenvalue weighted by Crippen LogP contribution is -1.82. The number of carbonyl (C=O) groups excluding carboxylic acids is 1. The third kappa shape index (κ3) is 20.9. The molecule has 0 heterocycles. The van der Waals surface area contributed by atoms with Gasteiger partial charge in [-0.3, -0.25) is 4.79 Å². The van der Waals surface area contributed by atoms with Gasteiger partial charge < -0.3 is 5.11 Å². The average molecular weight is 306 g/mol. The molecule has 0 saturated heterocycles. The second kappa shape index (κ2) is 16.0. The van der Waals surface area contributed by atoms with Crippen LogP contribution in [0.4, 0.5) is 0 Å². The molecule has 0 atom stereocenters. The highest BCUT2D eigenvalue weighted by atomic mass is 16.2. The van der Waals surface area contributed by atoms with Crippen molar-refractivity contribution in [3.63, 3.8) is 0 Å². The molecule has 0 spiro atoms. The van der Waals surface area contributed by atoms with Crippen molar-refractivity contribution < 1.29 is 9.90 Å². The van der Waals surface area contributed by atoms with Gasteiger partial charge in [-0.05, 0) is 72.3 Å². The number of rotatable bonds is 10. The Balaban J connectivity index is 0. The molecule has 1 N–H and O–H groups in total. The van der Waals surface area contributed by atoms with Crippen LogP contribution in [-0.4, -0.2) is 18.0 Å². The van der Waals surface area contributed by atoms with Gasteiger partial charge in [0.1, 0.15) is 6.29 Å². The topological polar surface area (TPSA) is 37.3 Å². The predicted octanol–water partition coefficient (Wildman–Crippen LogP) is 5.55. The van der Waals surface area contributed by atoms with Crippen molar-refractivity contribution in [1.82, 2.24) is 0 Å². The quantitative estimate of drug-likeness (QED) is 0.326. The molecule has 0 amide bonds. The number of carbonyl (C=O) groups is 1.